The Hall–Kier alpha value is -2.35. The van der Waals surface area contributed by atoms with E-state index < -0.39 is 0 Å². The van der Waals surface area contributed by atoms with Crippen molar-refractivity contribution in [1.29, 1.82) is 0 Å². The summed E-state index contributed by atoms with van der Waals surface area (Å²) in [7, 11) is 2.94. The zero-order chi connectivity index (χ0) is 17.2. The van der Waals surface area contributed by atoms with Crippen LogP contribution in [-0.2, 0) is 5.41 Å². The second-order valence-electron chi connectivity index (χ2n) is 5.93. The summed E-state index contributed by atoms with van der Waals surface area (Å²) in [6.45, 7) is 6.07. The summed E-state index contributed by atoms with van der Waals surface area (Å²) < 4.78 is 12.2. The van der Waals surface area contributed by atoms with Gasteiger partial charge in [-0.15, -0.1) is 0 Å². The standard InChI is InChI=1S/C15H20N4O3S/c1-15(2,3)13-17-18-14(23)19(13)16-8-9-6-10(21-4)12(20)11(7-9)22-5/h6-8,20H,1-5H3,(H,18,23)/b16-8+. The summed E-state index contributed by atoms with van der Waals surface area (Å²) in [5.41, 5.74) is 0.481. The number of benzene rings is 1. The van der Waals surface area contributed by atoms with Gasteiger partial charge in [-0.3, -0.25) is 5.10 Å². The molecule has 0 atom stereocenters. The first-order valence-electron chi connectivity index (χ1n) is 6.95. The summed E-state index contributed by atoms with van der Waals surface area (Å²) in [5.74, 6) is 1.27. The van der Waals surface area contributed by atoms with Gasteiger partial charge in [0.2, 0.25) is 10.5 Å². The second kappa shape index (κ2) is 6.41. The average molecular weight is 336 g/mol. The molecule has 0 aliphatic carbocycles. The van der Waals surface area contributed by atoms with Crippen molar-refractivity contribution >= 4 is 18.4 Å². The Morgan fingerprint density at radius 1 is 1.26 bits per heavy atom. The first kappa shape index (κ1) is 17.0. The third-order valence-electron chi connectivity index (χ3n) is 3.15. The van der Waals surface area contributed by atoms with E-state index in [4.69, 9.17) is 21.7 Å². The van der Waals surface area contributed by atoms with E-state index in [1.165, 1.54) is 14.2 Å². The molecule has 1 heterocycles. The Balaban J connectivity index is 2.46. The number of ether oxygens (including phenoxy) is 2. The van der Waals surface area contributed by atoms with E-state index in [0.717, 1.165) is 5.82 Å². The third kappa shape index (κ3) is 3.53. The molecule has 1 aromatic carbocycles. The molecule has 8 heteroatoms. The van der Waals surface area contributed by atoms with Crippen molar-refractivity contribution in [3.8, 4) is 17.2 Å². The molecular weight excluding hydrogens is 316 g/mol. The minimum atomic E-state index is -0.213. The average Bonchev–Trinajstić information content (AvgIpc) is 2.87. The van der Waals surface area contributed by atoms with Crippen molar-refractivity contribution in [2.75, 3.05) is 14.2 Å². The van der Waals surface area contributed by atoms with Crippen molar-refractivity contribution < 1.29 is 14.6 Å². The topological polar surface area (TPSA) is 84.7 Å². The first-order chi connectivity index (χ1) is 10.8. The molecule has 1 aromatic heterocycles. The fourth-order valence-electron chi connectivity index (χ4n) is 2.00. The number of methoxy groups -OCH3 is 2. The second-order valence-corrected chi connectivity index (χ2v) is 6.32. The van der Waals surface area contributed by atoms with Gasteiger partial charge in [-0.1, -0.05) is 20.8 Å². The number of aromatic nitrogens is 3. The lowest BCUT2D eigenvalue weighted by Gasteiger charge is -2.15. The maximum absolute atomic E-state index is 9.93. The maximum atomic E-state index is 9.93. The molecule has 2 aromatic rings. The van der Waals surface area contributed by atoms with Gasteiger partial charge in [0.1, 0.15) is 0 Å². The van der Waals surface area contributed by atoms with Crippen molar-refractivity contribution in [1.82, 2.24) is 14.9 Å². The fourth-order valence-corrected chi connectivity index (χ4v) is 2.18. The number of phenols is 1. The van der Waals surface area contributed by atoms with E-state index >= 15 is 0 Å². The van der Waals surface area contributed by atoms with Crippen LogP contribution in [-0.4, -0.2) is 40.4 Å². The molecule has 0 spiro atoms. The molecule has 0 unspecified atom stereocenters. The largest absolute Gasteiger partial charge is 0.502 e. The summed E-state index contributed by atoms with van der Waals surface area (Å²) in [6, 6.07) is 3.31. The molecule has 23 heavy (non-hydrogen) atoms. The van der Waals surface area contributed by atoms with Crippen LogP contribution in [0.25, 0.3) is 0 Å². The van der Waals surface area contributed by atoms with Gasteiger partial charge in [0.15, 0.2) is 17.3 Å². The summed E-state index contributed by atoms with van der Waals surface area (Å²) in [4.78, 5) is 0. The Morgan fingerprint density at radius 3 is 2.30 bits per heavy atom. The molecule has 0 aliphatic heterocycles. The molecule has 124 valence electrons. The highest BCUT2D eigenvalue weighted by Crippen LogP contribution is 2.36. The number of hydrogen-bond donors (Lipinski definition) is 2. The van der Waals surface area contributed by atoms with Crippen molar-refractivity contribution in [3.63, 3.8) is 0 Å². The van der Waals surface area contributed by atoms with Gasteiger partial charge in [0.25, 0.3) is 0 Å². The number of rotatable bonds is 4. The fraction of sp³-hybridized carbons (Fsp3) is 0.400. The number of H-pyrrole nitrogens is 1. The number of nitrogens with one attached hydrogen (secondary N) is 1. The normalized spacial score (nSPS) is 11.9. The van der Waals surface area contributed by atoms with E-state index in [1.54, 1.807) is 23.0 Å². The zero-order valence-electron chi connectivity index (χ0n) is 13.7. The van der Waals surface area contributed by atoms with Crippen LogP contribution in [0.1, 0.15) is 32.2 Å². The van der Waals surface area contributed by atoms with E-state index in [0.29, 0.717) is 21.8 Å². The molecule has 2 N–H and O–H groups in total. The molecule has 0 amide bonds. The van der Waals surface area contributed by atoms with Gasteiger partial charge in [-0.25, -0.2) is 0 Å². The lowest BCUT2D eigenvalue weighted by atomic mass is 9.96. The summed E-state index contributed by atoms with van der Waals surface area (Å²) in [6.07, 6.45) is 1.60. The van der Waals surface area contributed by atoms with E-state index in [9.17, 15) is 5.11 Å². The highest BCUT2D eigenvalue weighted by molar-refractivity contribution is 7.71. The summed E-state index contributed by atoms with van der Waals surface area (Å²) >= 11 is 5.22. The molecule has 0 saturated heterocycles. The van der Waals surface area contributed by atoms with Crippen molar-refractivity contribution in [2.45, 2.75) is 26.2 Å². The van der Waals surface area contributed by atoms with Crippen molar-refractivity contribution in [3.05, 3.63) is 28.3 Å². The number of aromatic amines is 1. The van der Waals surface area contributed by atoms with E-state index in [1.807, 2.05) is 20.8 Å². The molecule has 0 saturated carbocycles. The molecule has 0 radical (unpaired) electrons. The van der Waals surface area contributed by atoms with Gasteiger partial charge in [-0.2, -0.15) is 14.9 Å². The van der Waals surface area contributed by atoms with Crippen molar-refractivity contribution in [2.24, 2.45) is 5.10 Å². The molecule has 2 rings (SSSR count). The number of nitrogens with zero attached hydrogens (tertiary/aromatic N) is 3. The van der Waals surface area contributed by atoms with Gasteiger partial charge in [-0.05, 0) is 24.4 Å². The van der Waals surface area contributed by atoms with Crippen LogP contribution < -0.4 is 9.47 Å². The summed E-state index contributed by atoms with van der Waals surface area (Å²) in [5, 5.41) is 21.3. The predicted molar refractivity (Wildman–Crippen MR) is 90.3 cm³/mol. The zero-order valence-corrected chi connectivity index (χ0v) is 14.6. The molecule has 0 bridgehead atoms. The van der Waals surface area contributed by atoms with Crippen LogP contribution in [0.2, 0.25) is 0 Å². The Bertz CT molecular complexity index is 762. The van der Waals surface area contributed by atoms with E-state index in [2.05, 4.69) is 15.3 Å². The monoisotopic (exact) mass is 336 g/mol. The number of aromatic hydroxyl groups is 1. The van der Waals surface area contributed by atoms with Crippen LogP contribution >= 0.6 is 12.2 Å². The molecular formula is C15H20N4O3S. The Kier molecular flexibility index (Phi) is 4.74. The van der Waals surface area contributed by atoms with Crippen LogP contribution in [0.3, 0.4) is 0 Å². The Morgan fingerprint density at radius 2 is 1.83 bits per heavy atom. The molecule has 0 aliphatic rings. The smallest absolute Gasteiger partial charge is 0.216 e. The highest BCUT2D eigenvalue weighted by atomic mass is 32.1. The highest BCUT2D eigenvalue weighted by Gasteiger charge is 2.21. The lowest BCUT2D eigenvalue weighted by Crippen LogP contribution is -2.17. The number of phenolic OH excluding ortho intramolecular Hbond substituents is 1. The van der Waals surface area contributed by atoms with Gasteiger partial charge in [0, 0.05) is 11.0 Å². The van der Waals surface area contributed by atoms with Gasteiger partial charge >= 0.3 is 0 Å². The maximum Gasteiger partial charge on any atom is 0.216 e. The quantitative estimate of drug-likeness (QED) is 0.662. The SMILES string of the molecule is COc1cc(/C=N/n2c(C(C)(C)C)n[nH]c2=S)cc(OC)c1O. The van der Waals surface area contributed by atoms with Gasteiger partial charge < -0.3 is 14.6 Å². The minimum Gasteiger partial charge on any atom is -0.502 e. The predicted octanol–water partition coefficient (Wildman–Crippen LogP) is 2.84. The van der Waals surface area contributed by atoms with Gasteiger partial charge in [0.05, 0.1) is 20.4 Å². The van der Waals surface area contributed by atoms with Crippen LogP contribution in [0.5, 0.6) is 17.2 Å². The van der Waals surface area contributed by atoms with Crippen LogP contribution in [0, 0.1) is 4.77 Å². The lowest BCUT2D eigenvalue weighted by molar-refractivity contribution is 0.340. The van der Waals surface area contributed by atoms with Crippen LogP contribution in [0.4, 0.5) is 0 Å². The number of hydrogen-bond acceptors (Lipinski definition) is 6. The minimum absolute atomic E-state index is 0.0533. The molecule has 0 fully saturated rings. The Labute approximate surface area is 139 Å². The first-order valence-corrected chi connectivity index (χ1v) is 7.36. The third-order valence-corrected chi connectivity index (χ3v) is 3.41. The van der Waals surface area contributed by atoms with E-state index in [-0.39, 0.29) is 11.2 Å². The van der Waals surface area contributed by atoms with Crippen LogP contribution in [0.15, 0.2) is 17.2 Å². The molecule has 7 nitrogen and oxygen atoms in total.